The number of aliphatic carboxylic acids is 1. The number of hydrogen-bond acceptors (Lipinski definition) is 6. The lowest BCUT2D eigenvalue weighted by molar-refractivity contribution is -0.312. The van der Waals surface area contributed by atoms with Gasteiger partial charge in [-0.2, -0.15) is 0 Å². The average molecular weight is 318 g/mol. The van der Waals surface area contributed by atoms with Crippen molar-refractivity contribution in [3.8, 4) is 0 Å². The number of carboxylic acids is 1. The van der Waals surface area contributed by atoms with Crippen LogP contribution in [-0.4, -0.2) is 57.2 Å². The molecule has 0 aromatic carbocycles. The number of carboxylic acid groups (broad SMARTS) is 1. The molecular weight excluding hydrogens is 290 g/mol. The normalized spacial score (nSPS) is 13.9. The first-order valence-electron chi connectivity index (χ1n) is 7.44. The maximum atomic E-state index is 12.1. The molecule has 0 radical (unpaired) electrons. The number of carbonyl (C=O) groups excluding carboxylic acids is 2. The third-order valence-electron chi connectivity index (χ3n) is 3.27. The minimum atomic E-state index is -1.19. The molecule has 0 aliphatic rings. The van der Waals surface area contributed by atoms with Gasteiger partial charge >= 0.3 is 0 Å². The second kappa shape index (κ2) is 11.4. The zero-order valence-electron chi connectivity index (χ0n) is 14.2. The van der Waals surface area contributed by atoms with Crippen molar-refractivity contribution in [2.75, 3.05) is 34.2 Å². The molecule has 0 spiro atoms. The van der Waals surface area contributed by atoms with Crippen LogP contribution in [0.1, 0.15) is 33.6 Å². The van der Waals surface area contributed by atoms with Gasteiger partial charge in [-0.05, 0) is 19.3 Å². The number of carbonyl (C=O) groups is 2. The molecule has 130 valence electrons. The van der Waals surface area contributed by atoms with Crippen LogP contribution in [0.15, 0.2) is 0 Å². The SMILES string of the molecule is COCCOCOC(C)N(C)C(=O)CC(CC(C)C)C(=O)[O-]. The Kier molecular flexibility index (Phi) is 10.8. The minimum Gasteiger partial charge on any atom is -0.550 e. The molecule has 0 bridgehead atoms. The van der Waals surface area contributed by atoms with Crippen LogP contribution in [0.4, 0.5) is 0 Å². The zero-order valence-corrected chi connectivity index (χ0v) is 14.2. The maximum Gasteiger partial charge on any atom is 0.224 e. The van der Waals surface area contributed by atoms with Gasteiger partial charge < -0.3 is 29.0 Å². The van der Waals surface area contributed by atoms with E-state index in [0.29, 0.717) is 19.6 Å². The summed E-state index contributed by atoms with van der Waals surface area (Å²) >= 11 is 0. The molecular formula is C15H28NO6-. The molecule has 0 saturated heterocycles. The van der Waals surface area contributed by atoms with Crippen molar-refractivity contribution in [3.05, 3.63) is 0 Å². The summed E-state index contributed by atoms with van der Waals surface area (Å²) in [7, 11) is 3.15. The standard InChI is InChI=1S/C15H29NO6/c1-11(2)8-13(15(18)19)9-14(17)16(4)12(3)22-10-21-7-6-20-5/h11-13H,6-10H2,1-5H3,(H,18,19)/p-1. The van der Waals surface area contributed by atoms with Crippen LogP contribution in [-0.2, 0) is 23.8 Å². The molecule has 1 amide bonds. The molecule has 0 aliphatic heterocycles. The topological polar surface area (TPSA) is 88.1 Å². The lowest BCUT2D eigenvalue weighted by Gasteiger charge is -2.27. The summed E-state index contributed by atoms with van der Waals surface area (Å²) in [6.45, 7) is 6.43. The van der Waals surface area contributed by atoms with Gasteiger partial charge in [0.05, 0.1) is 13.2 Å². The van der Waals surface area contributed by atoms with Crippen molar-refractivity contribution >= 4 is 11.9 Å². The fourth-order valence-electron chi connectivity index (χ4n) is 1.85. The number of methoxy groups -OCH3 is 1. The number of hydrogen-bond donors (Lipinski definition) is 0. The summed E-state index contributed by atoms with van der Waals surface area (Å²) < 4.78 is 15.3. The maximum absolute atomic E-state index is 12.1. The molecule has 0 N–H and O–H groups in total. The van der Waals surface area contributed by atoms with Crippen LogP contribution in [0.5, 0.6) is 0 Å². The van der Waals surface area contributed by atoms with Crippen LogP contribution in [0, 0.1) is 11.8 Å². The molecule has 0 fully saturated rings. The van der Waals surface area contributed by atoms with Crippen LogP contribution in [0.3, 0.4) is 0 Å². The fourth-order valence-corrected chi connectivity index (χ4v) is 1.85. The molecule has 2 unspecified atom stereocenters. The van der Waals surface area contributed by atoms with E-state index in [0.717, 1.165) is 0 Å². The molecule has 2 atom stereocenters. The van der Waals surface area contributed by atoms with E-state index < -0.39 is 18.1 Å². The Morgan fingerprint density at radius 1 is 1.18 bits per heavy atom. The van der Waals surface area contributed by atoms with E-state index >= 15 is 0 Å². The number of ether oxygens (including phenoxy) is 3. The van der Waals surface area contributed by atoms with E-state index in [2.05, 4.69) is 0 Å². The quantitative estimate of drug-likeness (QED) is 0.378. The first kappa shape index (κ1) is 20.8. The number of rotatable bonds is 12. The van der Waals surface area contributed by atoms with Crippen molar-refractivity contribution in [3.63, 3.8) is 0 Å². The Balaban J connectivity index is 4.23. The predicted molar refractivity (Wildman–Crippen MR) is 78.6 cm³/mol. The molecule has 22 heavy (non-hydrogen) atoms. The molecule has 0 aliphatic carbocycles. The van der Waals surface area contributed by atoms with Crippen molar-refractivity contribution in [2.45, 2.75) is 39.8 Å². The number of amides is 1. The van der Waals surface area contributed by atoms with Gasteiger partial charge in [0, 0.05) is 32.5 Å². The molecule has 7 nitrogen and oxygen atoms in total. The molecule has 0 aromatic rings. The van der Waals surface area contributed by atoms with Crippen LogP contribution in [0.25, 0.3) is 0 Å². The van der Waals surface area contributed by atoms with Gasteiger partial charge in [-0.15, -0.1) is 0 Å². The van der Waals surface area contributed by atoms with Gasteiger partial charge in [-0.3, -0.25) is 4.79 Å². The van der Waals surface area contributed by atoms with Gasteiger partial charge in [0.2, 0.25) is 5.91 Å². The van der Waals surface area contributed by atoms with Crippen molar-refractivity contribution in [2.24, 2.45) is 11.8 Å². The highest BCUT2D eigenvalue weighted by Crippen LogP contribution is 2.16. The number of nitrogens with zero attached hydrogens (tertiary/aromatic N) is 1. The third-order valence-corrected chi connectivity index (χ3v) is 3.27. The fraction of sp³-hybridized carbons (Fsp3) is 0.867. The Morgan fingerprint density at radius 3 is 2.32 bits per heavy atom. The highest BCUT2D eigenvalue weighted by atomic mass is 16.7. The Morgan fingerprint density at radius 2 is 1.82 bits per heavy atom. The predicted octanol–water partition coefficient (Wildman–Crippen LogP) is 0.230. The second-order valence-corrected chi connectivity index (χ2v) is 5.64. The van der Waals surface area contributed by atoms with Crippen molar-refractivity contribution in [1.29, 1.82) is 0 Å². The Labute approximate surface area is 132 Å². The zero-order chi connectivity index (χ0) is 17.1. The molecule has 0 rings (SSSR count). The van der Waals surface area contributed by atoms with E-state index in [1.807, 2.05) is 13.8 Å². The van der Waals surface area contributed by atoms with Crippen molar-refractivity contribution in [1.82, 2.24) is 4.90 Å². The Hall–Kier alpha value is -1.18. The van der Waals surface area contributed by atoms with Crippen molar-refractivity contribution < 1.29 is 28.9 Å². The van der Waals surface area contributed by atoms with Crippen LogP contribution < -0.4 is 5.11 Å². The van der Waals surface area contributed by atoms with E-state index in [1.165, 1.54) is 4.90 Å². The highest BCUT2D eigenvalue weighted by Gasteiger charge is 2.22. The summed E-state index contributed by atoms with van der Waals surface area (Å²) in [4.78, 5) is 24.6. The summed E-state index contributed by atoms with van der Waals surface area (Å²) in [5.41, 5.74) is 0. The van der Waals surface area contributed by atoms with E-state index in [4.69, 9.17) is 14.2 Å². The minimum absolute atomic E-state index is 0.0397. The van der Waals surface area contributed by atoms with E-state index in [1.54, 1.807) is 21.1 Å². The van der Waals surface area contributed by atoms with Gasteiger partial charge in [-0.25, -0.2) is 0 Å². The monoisotopic (exact) mass is 318 g/mol. The molecule has 0 heterocycles. The van der Waals surface area contributed by atoms with Gasteiger partial charge in [0.15, 0.2) is 0 Å². The van der Waals surface area contributed by atoms with Gasteiger partial charge in [-0.1, -0.05) is 13.8 Å². The largest absolute Gasteiger partial charge is 0.550 e. The second-order valence-electron chi connectivity index (χ2n) is 5.64. The average Bonchev–Trinajstić information content (AvgIpc) is 2.44. The molecule has 7 heteroatoms. The van der Waals surface area contributed by atoms with Gasteiger partial charge in [0.1, 0.15) is 13.0 Å². The highest BCUT2D eigenvalue weighted by molar-refractivity contribution is 5.81. The summed E-state index contributed by atoms with van der Waals surface area (Å²) in [6, 6.07) is 0. The third kappa shape index (κ3) is 8.96. The Bertz CT molecular complexity index is 334. The smallest absolute Gasteiger partial charge is 0.224 e. The van der Waals surface area contributed by atoms with E-state index in [-0.39, 0.29) is 25.0 Å². The van der Waals surface area contributed by atoms with Crippen LogP contribution in [0.2, 0.25) is 0 Å². The summed E-state index contributed by atoms with van der Waals surface area (Å²) in [5, 5.41) is 11.1. The molecule has 0 aromatic heterocycles. The van der Waals surface area contributed by atoms with E-state index in [9.17, 15) is 14.7 Å². The molecule has 0 saturated carbocycles. The lowest BCUT2D eigenvalue weighted by atomic mass is 9.94. The lowest BCUT2D eigenvalue weighted by Crippen LogP contribution is -2.41. The first-order chi connectivity index (χ1) is 10.3. The van der Waals surface area contributed by atoms with Gasteiger partial charge in [0.25, 0.3) is 0 Å². The van der Waals surface area contributed by atoms with Crippen LogP contribution >= 0.6 is 0 Å². The summed E-state index contributed by atoms with van der Waals surface area (Å²) in [6.07, 6.45) is -0.177. The first-order valence-corrected chi connectivity index (χ1v) is 7.44. The summed E-state index contributed by atoms with van der Waals surface area (Å²) in [5.74, 6) is -2.07.